The summed E-state index contributed by atoms with van der Waals surface area (Å²) in [5, 5.41) is 0. The summed E-state index contributed by atoms with van der Waals surface area (Å²) >= 11 is 0. The van der Waals surface area contributed by atoms with Gasteiger partial charge in [0.25, 0.3) is 0 Å². The Kier molecular flexibility index (Phi) is 42.7. The number of carbonyl (C=O) groups is 3. The summed E-state index contributed by atoms with van der Waals surface area (Å²) < 4.78 is 16.8. The zero-order valence-corrected chi connectivity index (χ0v) is 39.0. The van der Waals surface area contributed by atoms with Gasteiger partial charge in [-0.05, 0) is 31.1 Å². The van der Waals surface area contributed by atoms with Crippen molar-refractivity contribution in [2.45, 2.75) is 285 Å². The van der Waals surface area contributed by atoms with Gasteiger partial charge in [-0.3, -0.25) is 14.4 Å². The van der Waals surface area contributed by atoms with Crippen molar-refractivity contribution in [1.29, 1.82) is 0 Å². The summed E-state index contributed by atoms with van der Waals surface area (Å²) in [6.45, 7) is 11.3. The highest BCUT2D eigenvalue weighted by molar-refractivity contribution is 5.71. The Morgan fingerprint density at radius 2 is 0.579 bits per heavy atom. The van der Waals surface area contributed by atoms with Gasteiger partial charge in [0.2, 0.25) is 0 Å². The molecule has 6 nitrogen and oxygen atoms in total. The van der Waals surface area contributed by atoms with Gasteiger partial charge in [0.1, 0.15) is 13.2 Å². The van der Waals surface area contributed by atoms with Crippen LogP contribution in [0, 0.1) is 11.8 Å². The van der Waals surface area contributed by atoms with Crippen LogP contribution in [-0.4, -0.2) is 37.2 Å². The van der Waals surface area contributed by atoms with Gasteiger partial charge < -0.3 is 14.2 Å². The molecule has 0 aromatic carbocycles. The van der Waals surface area contributed by atoms with E-state index in [1.807, 2.05) is 0 Å². The lowest BCUT2D eigenvalue weighted by Gasteiger charge is -2.18. The van der Waals surface area contributed by atoms with E-state index in [0.717, 1.165) is 69.6 Å². The first-order valence-electron chi connectivity index (χ1n) is 25.2. The zero-order valence-electron chi connectivity index (χ0n) is 39.0. The topological polar surface area (TPSA) is 78.9 Å². The van der Waals surface area contributed by atoms with Gasteiger partial charge in [0, 0.05) is 19.3 Å². The van der Waals surface area contributed by atoms with E-state index in [1.54, 1.807) is 0 Å². The average molecular weight is 807 g/mol. The molecule has 0 fully saturated rings. The van der Waals surface area contributed by atoms with Gasteiger partial charge >= 0.3 is 17.9 Å². The molecule has 0 saturated carbocycles. The summed E-state index contributed by atoms with van der Waals surface area (Å²) in [6, 6.07) is 0. The van der Waals surface area contributed by atoms with Crippen LogP contribution >= 0.6 is 0 Å². The monoisotopic (exact) mass is 807 g/mol. The van der Waals surface area contributed by atoms with Crippen LogP contribution in [0.4, 0.5) is 0 Å². The number of carbonyl (C=O) groups excluding carboxylic acids is 3. The van der Waals surface area contributed by atoms with Crippen LogP contribution in [0.1, 0.15) is 279 Å². The fraction of sp³-hybridized carbons (Fsp3) is 0.941. The van der Waals surface area contributed by atoms with Crippen LogP contribution in [0.2, 0.25) is 0 Å². The first-order valence-corrected chi connectivity index (χ1v) is 25.2. The van der Waals surface area contributed by atoms with Gasteiger partial charge in [-0.25, -0.2) is 0 Å². The Morgan fingerprint density at radius 1 is 0.333 bits per heavy atom. The molecule has 0 spiro atoms. The molecule has 0 bridgehead atoms. The van der Waals surface area contributed by atoms with E-state index >= 15 is 0 Å². The third-order valence-corrected chi connectivity index (χ3v) is 11.5. The largest absolute Gasteiger partial charge is 0.462 e. The molecule has 0 saturated heterocycles. The molecule has 0 aromatic heterocycles. The van der Waals surface area contributed by atoms with Crippen molar-refractivity contribution in [2.75, 3.05) is 13.2 Å². The third kappa shape index (κ3) is 45.3. The fourth-order valence-electron chi connectivity index (χ4n) is 7.64. The van der Waals surface area contributed by atoms with E-state index < -0.39 is 6.10 Å². The molecule has 0 aromatic rings. The minimum absolute atomic E-state index is 0.0643. The summed E-state index contributed by atoms with van der Waals surface area (Å²) in [7, 11) is 0. The molecular formula is C51H98O6. The number of esters is 3. The lowest BCUT2D eigenvalue weighted by Crippen LogP contribution is -2.30. The number of hydrogen-bond acceptors (Lipinski definition) is 6. The standard InChI is InChI=1S/C51H98O6/c1-6-7-8-9-10-11-12-13-14-17-20-26-31-36-41-49(52)55-44-48(57-51(54)43-38-33-28-23-22-25-30-35-40-47(4)5)45-56-50(53)42-37-32-27-21-18-15-16-19-24-29-34-39-46(2)3/h46-48H,6-45H2,1-5H3/t48-/m1/s1. The summed E-state index contributed by atoms with van der Waals surface area (Å²) in [5.41, 5.74) is 0. The maximum absolute atomic E-state index is 12.7. The second-order valence-electron chi connectivity index (χ2n) is 18.4. The van der Waals surface area contributed by atoms with Crippen molar-refractivity contribution in [2.24, 2.45) is 11.8 Å². The number of unbranched alkanes of at least 4 members (excludes halogenated alkanes) is 30. The first-order chi connectivity index (χ1) is 27.7. The predicted molar refractivity (Wildman–Crippen MR) is 243 cm³/mol. The Labute approximate surface area is 355 Å². The lowest BCUT2D eigenvalue weighted by atomic mass is 10.0. The van der Waals surface area contributed by atoms with Crippen molar-refractivity contribution in [3.8, 4) is 0 Å². The zero-order chi connectivity index (χ0) is 41.9. The van der Waals surface area contributed by atoms with E-state index in [4.69, 9.17) is 14.2 Å². The molecule has 0 amide bonds. The second kappa shape index (κ2) is 44.0. The van der Waals surface area contributed by atoms with Gasteiger partial charge in [0.05, 0.1) is 0 Å². The number of ether oxygens (including phenoxy) is 3. The molecule has 0 aliphatic carbocycles. The van der Waals surface area contributed by atoms with Crippen molar-refractivity contribution < 1.29 is 28.6 Å². The van der Waals surface area contributed by atoms with Gasteiger partial charge in [-0.2, -0.15) is 0 Å². The highest BCUT2D eigenvalue weighted by Gasteiger charge is 2.19. The molecular weight excluding hydrogens is 709 g/mol. The molecule has 57 heavy (non-hydrogen) atoms. The van der Waals surface area contributed by atoms with E-state index in [9.17, 15) is 14.4 Å². The molecule has 0 N–H and O–H groups in total. The SMILES string of the molecule is CCCCCCCCCCCCCCCCC(=O)OC[C@H](COC(=O)CCCCCCCCCCCCCC(C)C)OC(=O)CCCCCCCCCCC(C)C. The molecule has 0 rings (SSSR count). The number of hydrogen-bond donors (Lipinski definition) is 0. The van der Waals surface area contributed by atoms with Gasteiger partial charge in [0.15, 0.2) is 6.10 Å². The molecule has 0 unspecified atom stereocenters. The predicted octanol–water partition coefficient (Wildman–Crippen LogP) is 16.1. The number of rotatable bonds is 45. The van der Waals surface area contributed by atoms with Crippen molar-refractivity contribution in [3.63, 3.8) is 0 Å². The second-order valence-corrected chi connectivity index (χ2v) is 18.4. The normalized spacial score (nSPS) is 12.1. The summed E-state index contributed by atoms with van der Waals surface area (Å²) in [5.74, 6) is 0.768. The van der Waals surface area contributed by atoms with Crippen LogP contribution in [-0.2, 0) is 28.6 Å². The minimum atomic E-state index is -0.761. The molecule has 0 heterocycles. The van der Waals surface area contributed by atoms with E-state index in [-0.39, 0.29) is 31.1 Å². The lowest BCUT2D eigenvalue weighted by molar-refractivity contribution is -0.167. The Balaban J connectivity index is 4.31. The highest BCUT2D eigenvalue weighted by atomic mass is 16.6. The maximum atomic E-state index is 12.7. The quantitative estimate of drug-likeness (QED) is 0.0346. The molecule has 0 aliphatic heterocycles. The highest BCUT2D eigenvalue weighted by Crippen LogP contribution is 2.17. The maximum Gasteiger partial charge on any atom is 0.306 e. The Morgan fingerprint density at radius 3 is 0.860 bits per heavy atom. The average Bonchev–Trinajstić information content (AvgIpc) is 3.18. The molecule has 0 aliphatic rings. The van der Waals surface area contributed by atoms with Crippen LogP contribution in [0.15, 0.2) is 0 Å². The Hall–Kier alpha value is -1.59. The molecule has 338 valence electrons. The smallest absolute Gasteiger partial charge is 0.306 e. The molecule has 1 atom stereocenters. The molecule has 0 radical (unpaired) electrons. The Bertz CT molecular complexity index is 870. The third-order valence-electron chi connectivity index (χ3n) is 11.5. The van der Waals surface area contributed by atoms with Crippen molar-refractivity contribution in [3.05, 3.63) is 0 Å². The van der Waals surface area contributed by atoms with Crippen molar-refractivity contribution in [1.82, 2.24) is 0 Å². The van der Waals surface area contributed by atoms with E-state index in [0.29, 0.717) is 19.3 Å². The van der Waals surface area contributed by atoms with Crippen LogP contribution in [0.25, 0.3) is 0 Å². The van der Waals surface area contributed by atoms with E-state index in [2.05, 4.69) is 34.6 Å². The van der Waals surface area contributed by atoms with Crippen molar-refractivity contribution >= 4 is 17.9 Å². The molecule has 6 heteroatoms. The summed E-state index contributed by atoms with van der Waals surface area (Å²) in [4.78, 5) is 37.9. The minimum Gasteiger partial charge on any atom is -0.462 e. The van der Waals surface area contributed by atoms with Crippen LogP contribution in [0.5, 0.6) is 0 Å². The summed E-state index contributed by atoms with van der Waals surface area (Å²) in [6.07, 6.45) is 43.7. The van der Waals surface area contributed by atoms with Crippen LogP contribution in [0.3, 0.4) is 0 Å². The van der Waals surface area contributed by atoms with Gasteiger partial charge in [-0.15, -0.1) is 0 Å². The fourth-order valence-corrected chi connectivity index (χ4v) is 7.64. The van der Waals surface area contributed by atoms with E-state index in [1.165, 1.54) is 167 Å². The van der Waals surface area contributed by atoms with Crippen LogP contribution < -0.4 is 0 Å². The van der Waals surface area contributed by atoms with Gasteiger partial charge in [-0.1, -0.05) is 240 Å². The first kappa shape index (κ1) is 55.4.